The summed E-state index contributed by atoms with van der Waals surface area (Å²) in [5, 5.41) is 0. The molecular formula is C24H25NO2. The standard InChI is InChI=1S/C24H25NO2/c1-24(2)17-26-23(27-18-24)19-13-15-22(16-14-19)25(20-9-5-3-6-10-20)21-11-7-4-8-12-21/h3-16,23H,17-18H2,1-2H3. The van der Waals surface area contributed by atoms with E-state index >= 15 is 0 Å². The Morgan fingerprint density at radius 2 is 1.11 bits per heavy atom. The molecule has 138 valence electrons. The van der Waals surface area contributed by atoms with Crippen LogP contribution >= 0.6 is 0 Å². The lowest BCUT2D eigenvalue weighted by molar-refractivity contribution is -0.226. The van der Waals surface area contributed by atoms with Gasteiger partial charge in [0.1, 0.15) is 0 Å². The number of para-hydroxylation sites is 2. The minimum absolute atomic E-state index is 0.0772. The third-order valence-electron chi connectivity index (χ3n) is 4.70. The Balaban J connectivity index is 1.62. The summed E-state index contributed by atoms with van der Waals surface area (Å²) in [5.74, 6) is 0. The van der Waals surface area contributed by atoms with Gasteiger partial charge in [-0.2, -0.15) is 0 Å². The van der Waals surface area contributed by atoms with E-state index in [0.29, 0.717) is 13.2 Å². The second kappa shape index (κ2) is 7.55. The summed E-state index contributed by atoms with van der Waals surface area (Å²) < 4.78 is 11.8. The summed E-state index contributed by atoms with van der Waals surface area (Å²) in [6, 6.07) is 29.2. The summed E-state index contributed by atoms with van der Waals surface area (Å²) >= 11 is 0. The fourth-order valence-corrected chi connectivity index (χ4v) is 3.27. The van der Waals surface area contributed by atoms with Gasteiger partial charge in [0, 0.05) is 28.0 Å². The monoisotopic (exact) mass is 359 g/mol. The Kier molecular flexibility index (Phi) is 4.97. The predicted octanol–water partition coefficient (Wildman–Crippen LogP) is 6.23. The lowest BCUT2D eigenvalue weighted by Crippen LogP contribution is -2.33. The molecule has 4 rings (SSSR count). The van der Waals surface area contributed by atoms with E-state index in [4.69, 9.17) is 9.47 Å². The van der Waals surface area contributed by atoms with Gasteiger partial charge in [-0.3, -0.25) is 0 Å². The zero-order valence-corrected chi connectivity index (χ0v) is 15.8. The first-order valence-corrected chi connectivity index (χ1v) is 9.36. The van der Waals surface area contributed by atoms with Crippen LogP contribution in [0, 0.1) is 5.41 Å². The summed E-state index contributed by atoms with van der Waals surface area (Å²) in [6.07, 6.45) is -0.283. The molecule has 3 nitrogen and oxygen atoms in total. The van der Waals surface area contributed by atoms with Gasteiger partial charge in [-0.25, -0.2) is 0 Å². The number of rotatable bonds is 4. The van der Waals surface area contributed by atoms with Crippen molar-refractivity contribution in [1.82, 2.24) is 0 Å². The molecule has 1 aliphatic rings. The molecule has 0 aromatic heterocycles. The molecule has 0 unspecified atom stereocenters. The number of benzene rings is 3. The first-order valence-electron chi connectivity index (χ1n) is 9.36. The molecule has 1 aliphatic heterocycles. The number of hydrogen-bond donors (Lipinski definition) is 0. The summed E-state index contributed by atoms with van der Waals surface area (Å²) in [4.78, 5) is 2.25. The molecule has 0 atom stereocenters. The Hall–Kier alpha value is -2.62. The molecule has 27 heavy (non-hydrogen) atoms. The van der Waals surface area contributed by atoms with Gasteiger partial charge in [0.15, 0.2) is 6.29 Å². The molecule has 3 aromatic rings. The Labute approximate surface area is 161 Å². The van der Waals surface area contributed by atoms with E-state index in [9.17, 15) is 0 Å². The van der Waals surface area contributed by atoms with Crippen LogP contribution in [0.2, 0.25) is 0 Å². The summed E-state index contributed by atoms with van der Waals surface area (Å²) in [5.41, 5.74) is 4.49. The Morgan fingerprint density at radius 1 is 0.667 bits per heavy atom. The second-order valence-corrected chi connectivity index (χ2v) is 7.72. The van der Waals surface area contributed by atoms with E-state index in [1.54, 1.807) is 0 Å². The number of nitrogens with zero attached hydrogens (tertiary/aromatic N) is 1. The fourth-order valence-electron chi connectivity index (χ4n) is 3.27. The van der Waals surface area contributed by atoms with Gasteiger partial charge in [0.05, 0.1) is 13.2 Å². The molecule has 0 N–H and O–H groups in total. The Morgan fingerprint density at radius 3 is 1.59 bits per heavy atom. The average Bonchev–Trinajstić information content (AvgIpc) is 2.71. The molecule has 0 bridgehead atoms. The van der Waals surface area contributed by atoms with Crippen LogP contribution in [0.15, 0.2) is 84.9 Å². The molecule has 1 saturated heterocycles. The Bertz CT molecular complexity index is 810. The maximum atomic E-state index is 5.91. The lowest BCUT2D eigenvalue weighted by Gasteiger charge is -2.34. The minimum Gasteiger partial charge on any atom is -0.348 e. The molecule has 1 fully saturated rings. The highest BCUT2D eigenvalue weighted by Crippen LogP contribution is 2.36. The van der Waals surface area contributed by atoms with E-state index in [1.807, 2.05) is 12.1 Å². The molecule has 0 radical (unpaired) electrons. The normalized spacial score (nSPS) is 16.8. The van der Waals surface area contributed by atoms with Crippen LogP contribution < -0.4 is 4.90 Å². The second-order valence-electron chi connectivity index (χ2n) is 7.72. The highest BCUT2D eigenvalue weighted by molar-refractivity contribution is 5.76. The van der Waals surface area contributed by atoms with Crippen molar-refractivity contribution >= 4 is 17.1 Å². The van der Waals surface area contributed by atoms with Crippen molar-refractivity contribution in [3.63, 3.8) is 0 Å². The van der Waals surface area contributed by atoms with Gasteiger partial charge in [0.2, 0.25) is 0 Å². The average molecular weight is 359 g/mol. The smallest absolute Gasteiger partial charge is 0.183 e. The van der Waals surface area contributed by atoms with Crippen LogP contribution in [0.1, 0.15) is 25.7 Å². The predicted molar refractivity (Wildman–Crippen MR) is 110 cm³/mol. The molecule has 0 saturated carbocycles. The van der Waals surface area contributed by atoms with Crippen molar-refractivity contribution in [2.75, 3.05) is 18.1 Å². The van der Waals surface area contributed by atoms with Crippen LogP contribution in [0.25, 0.3) is 0 Å². The highest BCUT2D eigenvalue weighted by Gasteiger charge is 2.29. The first kappa shape index (κ1) is 17.8. The van der Waals surface area contributed by atoms with Crippen LogP contribution in [0.4, 0.5) is 17.1 Å². The first-order chi connectivity index (χ1) is 13.1. The number of anilines is 3. The molecule has 3 heteroatoms. The van der Waals surface area contributed by atoms with Crippen LogP contribution in [0.5, 0.6) is 0 Å². The van der Waals surface area contributed by atoms with Gasteiger partial charge >= 0.3 is 0 Å². The van der Waals surface area contributed by atoms with Gasteiger partial charge in [0.25, 0.3) is 0 Å². The maximum Gasteiger partial charge on any atom is 0.183 e. The number of hydrogen-bond acceptors (Lipinski definition) is 3. The summed E-state index contributed by atoms with van der Waals surface area (Å²) in [6.45, 7) is 5.73. The van der Waals surface area contributed by atoms with E-state index in [1.165, 1.54) is 0 Å². The van der Waals surface area contributed by atoms with E-state index in [0.717, 1.165) is 22.6 Å². The molecule has 3 aromatic carbocycles. The largest absolute Gasteiger partial charge is 0.348 e. The van der Waals surface area contributed by atoms with Crippen molar-refractivity contribution in [3.8, 4) is 0 Å². The van der Waals surface area contributed by atoms with Crippen LogP contribution in [0.3, 0.4) is 0 Å². The van der Waals surface area contributed by atoms with Crippen molar-refractivity contribution in [3.05, 3.63) is 90.5 Å². The third-order valence-corrected chi connectivity index (χ3v) is 4.70. The molecule has 1 heterocycles. The van der Waals surface area contributed by atoms with Gasteiger partial charge in [-0.15, -0.1) is 0 Å². The quantitative estimate of drug-likeness (QED) is 0.551. The maximum absolute atomic E-state index is 5.91. The third kappa shape index (κ3) is 4.05. The summed E-state index contributed by atoms with van der Waals surface area (Å²) in [7, 11) is 0. The molecule has 0 spiro atoms. The molecule has 0 amide bonds. The van der Waals surface area contributed by atoms with Gasteiger partial charge in [-0.1, -0.05) is 62.4 Å². The highest BCUT2D eigenvalue weighted by atomic mass is 16.7. The van der Waals surface area contributed by atoms with Crippen molar-refractivity contribution < 1.29 is 9.47 Å². The fraction of sp³-hybridized carbons (Fsp3) is 0.250. The topological polar surface area (TPSA) is 21.7 Å². The van der Waals surface area contributed by atoms with Crippen molar-refractivity contribution in [2.24, 2.45) is 5.41 Å². The SMILES string of the molecule is CC1(C)COC(c2ccc(N(c3ccccc3)c3ccccc3)cc2)OC1. The number of ether oxygens (including phenoxy) is 2. The molecule has 0 aliphatic carbocycles. The van der Waals surface area contributed by atoms with Crippen LogP contribution in [-0.4, -0.2) is 13.2 Å². The zero-order chi connectivity index (χ0) is 18.7. The van der Waals surface area contributed by atoms with Crippen molar-refractivity contribution in [1.29, 1.82) is 0 Å². The lowest BCUT2D eigenvalue weighted by atomic mass is 9.95. The van der Waals surface area contributed by atoms with Gasteiger partial charge in [-0.05, 0) is 36.4 Å². The minimum atomic E-state index is -0.283. The van der Waals surface area contributed by atoms with E-state index < -0.39 is 0 Å². The molecular weight excluding hydrogens is 334 g/mol. The van der Waals surface area contributed by atoms with Crippen molar-refractivity contribution in [2.45, 2.75) is 20.1 Å². The zero-order valence-electron chi connectivity index (χ0n) is 15.8. The van der Waals surface area contributed by atoms with Gasteiger partial charge < -0.3 is 14.4 Å². The van der Waals surface area contributed by atoms with E-state index in [-0.39, 0.29) is 11.7 Å². The van der Waals surface area contributed by atoms with E-state index in [2.05, 4.69) is 91.5 Å². The van der Waals surface area contributed by atoms with Crippen LogP contribution in [-0.2, 0) is 9.47 Å².